The van der Waals surface area contributed by atoms with E-state index in [2.05, 4.69) is 4.90 Å². The van der Waals surface area contributed by atoms with Crippen LogP contribution in [0.3, 0.4) is 0 Å². The molecule has 0 saturated carbocycles. The molecule has 1 amide bonds. The maximum Gasteiger partial charge on any atom is 0.279 e. The lowest BCUT2D eigenvalue weighted by Crippen LogP contribution is -2.39. The van der Waals surface area contributed by atoms with Crippen LogP contribution in [0.5, 0.6) is 0 Å². The van der Waals surface area contributed by atoms with E-state index >= 15 is 8.78 Å². The second kappa shape index (κ2) is 9.28. The average molecular weight is 535 g/mol. The molecule has 5 rings (SSSR count). The second-order valence-electron chi connectivity index (χ2n) is 9.23. The third kappa shape index (κ3) is 4.23. The molecule has 190 valence electrons. The molecule has 2 heterocycles. The Kier molecular flexibility index (Phi) is 6.43. The first-order chi connectivity index (χ1) is 17.1. The van der Waals surface area contributed by atoms with Crippen LogP contribution < -0.4 is 4.90 Å². The van der Waals surface area contributed by atoms with Gasteiger partial charge in [-0.15, -0.1) is 0 Å². The Morgan fingerprint density at radius 2 is 1.75 bits per heavy atom. The second-order valence-corrected chi connectivity index (χ2v) is 11.8. The number of carbonyl (C=O) groups excluding carboxylic acids is 1. The smallest absolute Gasteiger partial charge is 0.279 e. The van der Waals surface area contributed by atoms with Gasteiger partial charge in [-0.05, 0) is 34.9 Å². The van der Waals surface area contributed by atoms with Gasteiger partial charge in [0.1, 0.15) is 0 Å². The lowest BCUT2D eigenvalue weighted by molar-refractivity contribution is -0.128. The number of nitrogens with zero attached hydrogens (tertiary/aromatic N) is 2. The number of benzene rings is 2. The van der Waals surface area contributed by atoms with Gasteiger partial charge >= 0.3 is 0 Å². The number of halogens is 3. The number of hydrogen-bond acceptors (Lipinski definition) is 5. The molecule has 0 N–H and O–H groups in total. The first-order valence-electron chi connectivity index (χ1n) is 11.6. The maximum atomic E-state index is 15.7. The molecule has 2 atom stereocenters. The van der Waals surface area contributed by atoms with Gasteiger partial charge in [-0.25, -0.2) is 17.2 Å². The van der Waals surface area contributed by atoms with Crippen molar-refractivity contribution in [2.75, 3.05) is 37.5 Å². The molecule has 1 aliphatic carbocycles. The van der Waals surface area contributed by atoms with Crippen molar-refractivity contribution in [3.8, 4) is 0 Å². The molecule has 1 fully saturated rings. The van der Waals surface area contributed by atoms with Gasteiger partial charge in [0.2, 0.25) is 0 Å². The van der Waals surface area contributed by atoms with Crippen molar-refractivity contribution in [2.24, 2.45) is 0 Å². The predicted octanol–water partition coefficient (Wildman–Crippen LogP) is 4.31. The molecule has 2 aromatic rings. The fraction of sp³-hybridized carbons (Fsp3) is 0.346. The number of hydrogen-bond donors (Lipinski definition) is 0. The minimum absolute atomic E-state index is 0.150. The first kappa shape index (κ1) is 24.9. The zero-order valence-corrected chi connectivity index (χ0v) is 21.2. The van der Waals surface area contributed by atoms with E-state index < -0.39 is 38.1 Å². The third-order valence-electron chi connectivity index (χ3n) is 6.91. The molecule has 1 saturated heterocycles. The van der Waals surface area contributed by atoms with Crippen molar-refractivity contribution in [3.05, 3.63) is 87.7 Å². The molecule has 2 aromatic carbocycles. The van der Waals surface area contributed by atoms with Gasteiger partial charge < -0.3 is 14.5 Å². The Morgan fingerprint density at radius 3 is 2.39 bits per heavy atom. The van der Waals surface area contributed by atoms with E-state index in [9.17, 15) is 13.2 Å². The largest absolute Gasteiger partial charge is 0.378 e. The molecular formula is C26H25ClF2N2O4S. The lowest BCUT2D eigenvalue weighted by Gasteiger charge is -2.30. The quantitative estimate of drug-likeness (QED) is 0.547. The van der Waals surface area contributed by atoms with E-state index in [0.717, 1.165) is 16.8 Å². The average Bonchev–Trinajstić information content (AvgIpc) is 3.28. The van der Waals surface area contributed by atoms with Gasteiger partial charge in [0.15, 0.2) is 15.7 Å². The van der Waals surface area contributed by atoms with E-state index in [1.54, 1.807) is 36.4 Å². The van der Waals surface area contributed by atoms with Gasteiger partial charge in [-0.2, -0.15) is 0 Å². The van der Waals surface area contributed by atoms with E-state index in [0.29, 0.717) is 49.2 Å². The summed E-state index contributed by atoms with van der Waals surface area (Å²) in [6, 6.07) is 12.3. The number of carbonyl (C=O) groups is 1. The van der Waals surface area contributed by atoms with Crippen LogP contribution in [0.1, 0.15) is 22.6 Å². The number of alkyl halides is 1. The number of fused-ring (bicyclic) bond motifs is 1. The number of ether oxygens (including phenoxy) is 1. The summed E-state index contributed by atoms with van der Waals surface area (Å²) in [6.45, 7) is 2.87. The highest BCUT2D eigenvalue weighted by Crippen LogP contribution is 2.45. The fourth-order valence-electron chi connectivity index (χ4n) is 4.93. The van der Waals surface area contributed by atoms with E-state index in [4.69, 9.17) is 16.3 Å². The van der Waals surface area contributed by atoms with Crippen molar-refractivity contribution >= 4 is 33.0 Å². The molecule has 0 radical (unpaired) electrons. The van der Waals surface area contributed by atoms with Crippen molar-refractivity contribution in [1.29, 1.82) is 0 Å². The molecular weight excluding hydrogens is 510 g/mol. The van der Waals surface area contributed by atoms with Crippen LogP contribution in [-0.2, 0) is 32.5 Å². The number of amides is 1. The fourth-order valence-corrected chi connectivity index (χ4v) is 6.00. The van der Waals surface area contributed by atoms with Crippen molar-refractivity contribution < 1.29 is 26.7 Å². The summed E-state index contributed by atoms with van der Waals surface area (Å²) in [6.07, 6.45) is 2.56. The number of rotatable bonds is 4. The molecule has 0 spiro atoms. The van der Waals surface area contributed by atoms with Crippen LogP contribution >= 0.6 is 11.6 Å². The minimum Gasteiger partial charge on any atom is -0.378 e. The number of morpholine rings is 1. The first-order valence-corrected chi connectivity index (χ1v) is 13.8. The molecule has 36 heavy (non-hydrogen) atoms. The molecule has 2 aliphatic heterocycles. The Balaban J connectivity index is 1.51. The Morgan fingerprint density at radius 1 is 1.11 bits per heavy atom. The van der Waals surface area contributed by atoms with Crippen molar-refractivity contribution in [3.63, 3.8) is 0 Å². The number of allylic oxidation sites excluding steroid dienone is 1. The minimum atomic E-state index is -4.54. The Bertz CT molecular complexity index is 1370. The highest BCUT2D eigenvalue weighted by atomic mass is 35.5. The topological polar surface area (TPSA) is 66.9 Å². The van der Waals surface area contributed by atoms with Crippen LogP contribution in [0, 0.1) is 0 Å². The van der Waals surface area contributed by atoms with Crippen molar-refractivity contribution in [2.45, 2.75) is 24.0 Å². The lowest BCUT2D eigenvalue weighted by atomic mass is 9.85. The highest BCUT2D eigenvalue weighted by molar-refractivity contribution is 7.92. The number of anilines is 1. The van der Waals surface area contributed by atoms with Gasteiger partial charge in [-0.3, -0.25) is 4.79 Å². The van der Waals surface area contributed by atoms with Crippen LogP contribution in [0.15, 0.2) is 66.0 Å². The summed E-state index contributed by atoms with van der Waals surface area (Å²) in [7, 11) is -4.54. The Hall–Kier alpha value is -2.75. The van der Waals surface area contributed by atoms with Crippen LogP contribution in [0.4, 0.5) is 14.5 Å². The van der Waals surface area contributed by atoms with E-state index in [-0.39, 0.29) is 13.1 Å². The zero-order valence-electron chi connectivity index (χ0n) is 19.6. The van der Waals surface area contributed by atoms with E-state index in [1.165, 1.54) is 11.0 Å². The monoisotopic (exact) mass is 534 g/mol. The van der Waals surface area contributed by atoms with Crippen molar-refractivity contribution in [1.82, 2.24) is 4.90 Å². The zero-order chi connectivity index (χ0) is 25.7. The molecule has 2 unspecified atom stereocenters. The van der Waals surface area contributed by atoms with Gasteiger partial charge in [0.05, 0.1) is 29.5 Å². The summed E-state index contributed by atoms with van der Waals surface area (Å²) in [5, 5.41) is -2.86. The summed E-state index contributed by atoms with van der Waals surface area (Å²) in [5.74, 6) is -3.27. The molecule has 6 nitrogen and oxygen atoms in total. The molecule has 3 aliphatic rings. The summed E-state index contributed by atoms with van der Waals surface area (Å²) >= 11 is 6.55. The van der Waals surface area contributed by atoms with Crippen LogP contribution in [-0.4, -0.2) is 56.8 Å². The Labute approximate surface area is 213 Å². The SMILES string of the molecule is CS(=O)(=O)C1(F)C=CC(c2ccccc2)C(C(=O)N2Cc3cc(Cl)c(N4CCOCC4)cc3C2)=C1F. The highest BCUT2D eigenvalue weighted by Gasteiger charge is 2.50. The summed E-state index contributed by atoms with van der Waals surface area (Å²) in [4.78, 5) is 17.2. The molecule has 0 aromatic heterocycles. The van der Waals surface area contributed by atoms with Gasteiger partial charge in [0.25, 0.3) is 10.9 Å². The third-order valence-corrected chi connectivity index (χ3v) is 8.61. The van der Waals surface area contributed by atoms with Crippen LogP contribution in [0.25, 0.3) is 0 Å². The number of sulfone groups is 1. The molecule has 10 heteroatoms. The van der Waals surface area contributed by atoms with Gasteiger partial charge in [0, 0.05) is 38.4 Å². The molecule has 0 bridgehead atoms. The normalized spacial score (nSPS) is 24.3. The standard InChI is InChI=1S/C26H25ClF2N2O4S/c1-36(33,34)26(29)8-7-20(17-5-3-2-4-6-17)23(24(26)28)25(32)31-15-18-13-21(27)22(14-19(18)16-31)30-9-11-35-12-10-30/h2-8,13-14,20H,9-12,15-16H2,1H3. The summed E-state index contributed by atoms with van der Waals surface area (Å²) < 4.78 is 61.1. The predicted molar refractivity (Wildman–Crippen MR) is 134 cm³/mol. The van der Waals surface area contributed by atoms with Crippen LogP contribution in [0.2, 0.25) is 5.02 Å². The van der Waals surface area contributed by atoms with Gasteiger partial charge in [-0.1, -0.05) is 48.0 Å². The van der Waals surface area contributed by atoms with E-state index in [1.807, 2.05) is 6.07 Å². The summed E-state index contributed by atoms with van der Waals surface area (Å²) in [5.41, 5.74) is 2.54. The maximum absolute atomic E-state index is 15.7.